The fourth-order valence-electron chi connectivity index (χ4n) is 4.56. The number of anilines is 2. The molecule has 0 aliphatic carbocycles. The van der Waals surface area contributed by atoms with Crippen LogP contribution in [0.15, 0.2) is 66.7 Å². The minimum absolute atomic E-state index is 0.162. The number of nitrogens with zero attached hydrogens (tertiary/aromatic N) is 1. The van der Waals surface area contributed by atoms with Gasteiger partial charge in [-0.15, -0.1) is 0 Å². The first-order chi connectivity index (χ1) is 17.9. The number of ether oxygens (including phenoxy) is 2. The highest BCUT2D eigenvalue weighted by molar-refractivity contribution is 6.06. The van der Waals surface area contributed by atoms with Crippen molar-refractivity contribution in [2.75, 3.05) is 37.5 Å². The number of nitrogens with one attached hydrogen (secondary N) is 2. The molecular formula is C30H35N3O4. The highest BCUT2D eigenvalue weighted by Crippen LogP contribution is 2.30. The second-order valence-electron chi connectivity index (χ2n) is 9.56. The van der Waals surface area contributed by atoms with E-state index in [-0.39, 0.29) is 17.9 Å². The van der Waals surface area contributed by atoms with Gasteiger partial charge in [0.05, 0.1) is 25.8 Å². The number of benzene rings is 3. The molecule has 3 aromatic carbocycles. The Labute approximate surface area is 218 Å². The lowest BCUT2D eigenvalue weighted by atomic mass is 9.97. The van der Waals surface area contributed by atoms with Gasteiger partial charge in [-0.3, -0.25) is 9.59 Å². The van der Waals surface area contributed by atoms with E-state index in [0.717, 1.165) is 37.2 Å². The summed E-state index contributed by atoms with van der Waals surface area (Å²) in [6.07, 6.45) is 2.16. The van der Waals surface area contributed by atoms with Crippen molar-refractivity contribution in [3.63, 3.8) is 0 Å². The quantitative estimate of drug-likeness (QED) is 0.415. The maximum atomic E-state index is 13.5. The number of amides is 2. The molecule has 1 saturated heterocycles. The predicted octanol–water partition coefficient (Wildman–Crippen LogP) is 5.68. The Morgan fingerprint density at radius 3 is 2.16 bits per heavy atom. The number of hydrogen-bond acceptors (Lipinski definition) is 5. The van der Waals surface area contributed by atoms with Crippen molar-refractivity contribution < 1.29 is 19.1 Å². The van der Waals surface area contributed by atoms with Crippen LogP contribution in [0.25, 0.3) is 0 Å². The van der Waals surface area contributed by atoms with E-state index in [1.165, 1.54) is 14.2 Å². The van der Waals surface area contributed by atoms with E-state index in [0.29, 0.717) is 34.2 Å². The van der Waals surface area contributed by atoms with Crippen LogP contribution in [0.4, 0.5) is 11.4 Å². The van der Waals surface area contributed by atoms with Crippen LogP contribution in [-0.2, 0) is 0 Å². The molecule has 7 nitrogen and oxygen atoms in total. The monoisotopic (exact) mass is 501 g/mol. The summed E-state index contributed by atoms with van der Waals surface area (Å²) in [6.45, 7) is 6.02. The average Bonchev–Trinajstić information content (AvgIpc) is 2.93. The summed E-state index contributed by atoms with van der Waals surface area (Å²) >= 11 is 0. The van der Waals surface area contributed by atoms with Gasteiger partial charge < -0.3 is 25.0 Å². The van der Waals surface area contributed by atoms with Crippen LogP contribution in [-0.4, -0.2) is 39.1 Å². The lowest BCUT2D eigenvalue weighted by Gasteiger charge is -2.33. The molecule has 1 fully saturated rings. The molecule has 37 heavy (non-hydrogen) atoms. The Morgan fingerprint density at radius 1 is 0.892 bits per heavy atom. The second kappa shape index (κ2) is 11.8. The van der Waals surface area contributed by atoms with E-state index in [1.807, 2.05) is 49.4 Å². The van der Waals surface area contributed by atoms with Crippen molar-refractivity contribution in [3.8, 4) is 11.5 Å². The lowest BCUT2D eigenvalue weighted by Crippen LogP contribution is -2.35. The average molecular weight is 502 g/mol. The van der Waals surface area contributed by atoms with Gasteiger partial charge in [0, 0.05) is 36.1 Å². The van der Waals surface area contributed by atoms with Gasteiger partial charge in [0.15, 0.2) is 0 Å². The molecule has 2 amide bonds. The highest BCUT2D eigenvalue weighted by atomic mass is 16.5. The fourth-order valence-corrected chi connectivity index (χ4v) is 4.56. The summed E-state index contributed by atoms with van der Waals surface area (Å²) in [5.74, 6) is 1.22. The third kappa shape index (κ3) is 6.42. The summed E-state index contributed by atoms with van der Waals surface area (Å²) in [5.41, 5.74) is 3.39. The Kier molecular flexibility index (Phi) is 8.33. The molecule has 2 N–H and O–H groups in total. The van der Waals surface area contributed by atoms with Gasteiger partial charge in [-0.05, 0) is 61.6 Å². The molecule has 194 valence electrons. The number of piperidine rings is 1. The van der Waals surface area contributed by atoms with Crippen LogP contribution in [0.2, 0.25) is 0 Å². The van der Waals surface area contributed by atoms with Crippen molar-refractivity contribution in [2.24, 2.45) is 5.92 Å². The third-order valence-corrected chi connectivity index (χ3v) is 6.88. The van der Waals surface area contributed by atoms with Gasteiger partial charge in [-0.2, -0.15) is 0 Å². The molecule has 0 radical (unpaired) electrons. The molecule has 1 unspecified atom stereocenters. The maximum Gasteiger partial charge on any atom is 0.255 e. The molecule has 1 atom stereocenters. The van der Waals surface area contributed by atoms with Gasteiger partial charge in [-0.1, -0.05) is 37.3 Å². The van der Waals surface area contributed by atoms with E-state index >= 15 is 0 Å². The predicted molar refractivity (Wildman–Crippen MR) is 147 cm³/mol. The molecule has 1 heterocycles. The summed E-state index contributed by atoms with van der Waals surface area (Å²) in [7, 11) is 3.08. The summed E-state index contributed by atoms with van der Waals surface area (Å²) < 4.78 is 10.6. The Morgan fingerprint density at radius 2 is 1.54 bits per heavy atom. The zero-order chi connectivity index (χ0) is 26.4. The normalized spacial score (nSPS) is 14.5. The standard InChI is InChI=1S/C30H35N3O4/c1-20-12-14-33(15-13-20)28-11-10-24(32-29(34)23-16-25(36-3)19-26(17-23)37-4)18-27(28)30(35)31-21(2)22-8-6-5-7-9-22/h5-11,16-21H,12-15H2,1-4H3,(H,31,35)(H,32,34). The molecule has 7 heteroatoms. The molecule has 0 aromatic heterocycles. The van der Waals surface area contributed by atoms with E-state index in [9.17, 15) is 9.59 Å². The van der Waals surface area contributed by atoms with Gasteiger partial charge in [0.25, 0.3) is 11.8 Å². The Hall–Kier alpha value is -4.00. The second-order valence-corrected chi connectivity index (χ2v) is 9.56. The summed E-state index contributed by atoms with van der Waals surface area (Å²) in [6, 6.07) is 20.3. The molecule has 1 aliphatic rings. The fraction of sp³-hybridized carbons (Fsp3) is 0.333. The van der Waals surface area contributed by atoms with Gasteiger partial charge in [-0.25, -0.2) is 0 Å². The van der Waals surface area contributed by atoms with Crippen molar-refractivity contribution in [3.05, 3.63) is 83.4 Å². The van der Waals surface area contributed by atoms with Crippen LogP contribution in [0.1, 0.15) is 59.0 Å². The van der Waals surface area contributed by atoms with Gasteiger partial charge >= 0.3 is 0 Å². The number of carbonyl (C=O) groups excluding carboxylic acids is 2. The summed E-state index contributed by atoms with van der Waals surface area (Å²) in [5, 5.41) is 6.06. The smallest absolute Gasteiger partial charge is 0.255 e. The Balaban J connectivity index is 1.61. The van der Waals surface area contributed by atoms with Crippen molar-refractivity contribution in [2.45, 2.75) is 32.7 Å². The zero-order valence-electron chi connectivity index (χ0n) is 21.9. The van der Waals surface area contributed by atoms with Crippen LogP contribution < -0.4 is 25.0 Å². The van der Waals surface area contributed by atoms with Gasteiger partial charge in [0.1, 0.15) is 11.5 Å². The molecule has 3 aromatic rings. The van der Waals surface area contributed by atoms with Crippen molar-refractivity contribution >= 4 is 23.2 Å². The van der Waals surface area contributed by atoms with E-state index in [4.69, 9.17) is 9.47 Å². The van der Waals surface area contributed by atoms with Crippen LogP contribution in [0.5, 0.6) is 11.5 Å². The van der Waals surface area contributed by atoms with Crippen LogP contribution in [0.3, 0.4) is 0 Å². The largest absolute Gasteiger partial charge is 0.497 e. The zero-order valence-corrected chi connectivity index (χ0v) is 21.9. The minimum Gasteiger partial charge on any atom is -0.497 e. The molecule has 4 rings (SSSR count). The van der Waals surface area contributed by atoms with Crippen LogP contribution >= 0.6 is 0 Å². The van der Waals surface area contributed by atoms with Crippen molar-refractivity contribution in [1.29, 1.82) is 0 Å². The van der Waals surface area contributed by atoms with E-state index in [1.54, 1.807) is 24.3 Å². The van der Waals surface area contributed by atoms with Gasteiger partial charge in [0.2, 0.25) is 0 Å². The van der Waals surface area contributed by atoms with Crippen LogP contribution in [0, 0.1) is 5.92 Å². The SMILES string of the molecule is COc1cc(OC)cc(C(=O)Nc2ccc(N3CCC(C)CC3)c(C(=O)NC(C)c3ccccc3)c2)c1. The number of rotatable bonds is 8. The Bertz CT molecular complexity index is 1210. The van der Waals surface area contributed by atoms with E-state index < -0.39 is 0 Å². The lowest BCUT2D eigenvalue weighted by molar-refractivity contribution is 0.0939. The number of hydrogen-bond donors (Lipinski definition) is 2. The topological polar surface area (TPSA) is 79.9 Å². The number of methoxy groups -OCH3 is 2. The minimum atomic E-state index is -0.319. The summed E-state index contributed by atoms with van der Waals surface area (Å²) in [4.78, 5) is 28.9. The number of carbonyl (C=O) groups is 2. The highest BCUT2D eigenvalue weighted by Gasteiger charge is 2.23. The third-order valence-electron chi connectivity index (χ3n) is 6.88. The molecule has 1 aliphatic heterocycles. The first-order valence-electron chi connectivity index (χ1n) is 12.7. The first kappa shape index (κ1) is 26.1. The molecule has 0 bridgehead atoms. The molecular weight excluding hydrogens is 466 g/mol. The molecule has 0 spiro atoms. The first-order valence-corrected chi connectivity index (χ1v) is 12.7. The molecule has 0 saturated carbocycles. The van der Waals surface area contributed by atoms with Crippen molar-refractivity contribution in [1.82, 2.24) is 5.32 Å². The maximum absolute atomic E-state index is 13.5. The van der Waals surface area contributed by atoms with E-state index in [2.05, 4.69) is 22.5 Å².